The summed E-state index contributed by atoms with van der Waals surface area (Å²) in [5, 5.41) is 7.31. The fourth-order valence-corrected chi connectivity index (χ4v) is 1.35. The fraction of sp³-hybridized carbons (Fsp3) is 0.300. The molecule has 2 aromatic rings. The van der Waals surface area contributed by atoms with E-state index in [4.69, 9.17) is 0 Å². The molecule has 0 bridgehead atoms. The first-order valence-electron chi connectivity index (χ1n) is 4.77. The van der Waals surface area contributed by atoms with E-state index >= 15 is 0 Å². The molecule has 0 radical (unpaired) electrons. The zero-order chi connectivity index (χ0) is 10.7. The van der Waals surface area contributed by atoms with Crippen molar-refractivity contribution in [2.45, 2.75) is 13.5 Å². The monoisotopic (exact) mass is 203 g/mol. The highest BCUT2D eigenvalue weighted by Crippen LogP contribution is 2.05. The minimum Gasteiger partial charge on any atom is -0.316 e. The molecule has 5 heteroatoms. The van der Waals surface area contributed by atoms with Crippen molar-refractivity contribution in [3.63, 3.8) is 0 Å². The second-order valence-electron chi connectivity index (χ2n) is 3.34. The van der Waals surface area contributed by atoms with E-state index < -0.39 is 0 Å². The van der Waals surface area contributed by atoms with Crippen LogP contribution in [0.5, 0.6) is 0 Å². The van der Waals surface area contributed by atoms with Gasteiger partial charge in [-0.1, -0.05) is 0 Å². The van der Waals surface area contributed by atoms with Crippen LogP contribution in [0.3, 0.4) is 0 Å². The van der Waals surface area contributed by atoms with E-state index in [1.54, 1.807) is 11.0 Å². The van der Waals surface area contributed by atoms with Gasteiger partial charge in [0.2, 0.25) is 0 Å². The molecule has 0 aromatic carbocycles. The summed E-state index contributed by atoms with van der Waals surface area (Å²) in [7, 11) is 1.91. The van der Waals surface area contributed by atoms with E-state index in [1.807, 2.05) is 32.4 Å². The molecule has 78 valence electrons. The summed E-state index contributed by atoms with van der Waals surface area (Å²) >= 11 is 0. The Morgan fingerprint density at radius 2 is 2.27 bits per heavy atom. The molecule has 0 fully saturated rings. The lowest BCUT2D eigenvalue weighted by atomic mass is 10.4. The molecule has 5 nitrogen and oxygen atoms in total. The molecule has 0 amide bonds. The maximum Gasteiger partial charge on any atom is 0.156 e. The number of nitrogens with one attached hydrogen (secondary N) is 1. The van der Waals surface area contributed by atoms with Crippen LogP contribution in [0, 0.1) is 6.92 Å². The lowest BCUT2D eigenvalue weighted by molar-refractivity contribution is 0.812. The van der Waals surface area contributed by atoms with Crippen molar-refractivity contribution in [2.75, 3.05) is 7.05 Å². The number of aromatic nitrogens is 4. The van der Waals surface area contributed by atoms with Gasteiger partial charge in [-0.2, -0.15) is 5.10 Å². The summed E-state index contributed by atoms with van der Waals surface area (Å²) in [6, 6.07) is 1.90. The number of hydrogen-bond acceptors (Lipinski definition) is 4. The Hall–Kier alpha value is -1.75. The van der Waals surface area contributed by atoms with E-state index in [0.717, 1.165) is 23.6 Å². The Balaban J connectivity index is 2.29. The molecule has 15 heavy (non-hydrogen) atoms. The van der Waals surface area contributed by atoms with Crippen LogP contribution in [0.1, 0.15) is 11.3 Å². The summed E-state index contributed by atoms with van der Waals surface area (Å²) < 4.78 is 1.75. The standard InChI is InChI=1S/C10H13N5/c1-8-3-10(13-7-12-8)15-6-9(4-11-2)5-14-15/h3,5-7,11H,4H2,1-2H3. The van der Waals surface area contributed by atoms with Crippen LogP contribution in [0.15, 0.2) is 24.8 Å². The van der Waals surface area contributed by atoms with Gasteiger partial charge in [-0.3, -0.25) is 0 Å². The maximum absolute atomic E-state index is 4.23. The van der Waals surface area contributed by atoms with Crippen molar-refractivity contribution < 1.29 is 0 Å². The van der Waals surface area contributed by atoms with Gasteiger partial charge in [-0.05, 0) is 14.0 Å². The van der Waals surface area contributed by atoms with Crippen LogP contribution in [-0.2, 0) is 6.54 Å². The van der Waals surface area contributed by atoms with Gasteiger partial charge >= 0.3 is 0 Å². The molecule has 0 atom stereocenters. The quantitative estimate of drug-likeness (QED) is 0.797. The van der Waals surface area contributed by atoms with E-state index in [-0.39, 0.29) is 0 Å². The molecule has 0 aliphatic carbocycles. The van der Waals surface area contributed by atoms with Gasteiger partial charge in [0.05, 0.1) is 6.20 Å². The van der Waals surface area contributed by atoms with Gasteiger partial charge in [0, 0.05) is 30.1 Å². The summed E-state index contributed by atoms with van der Waals surface area (Å²) in [5.41, 5.74) is 2.07. The lowest BCUT2D eigenvalue weighted by Gasteiger charge is -1.99. The molecule has 2 rings (SSSR count). The normalized spacial score (nSPS) is 10.5. The maximum atomic E-state index is 4.23. The summed E-state index contributed by atoms with van der Waals surface area (Å²) in [6.07, 6.45) is 5.33. The second kappa shape index (κ2) is 4.18. The summed E-state index contributed by atoms with van der Waals surface area (Å²) in [5.74, 6) is 0.796. The third-order valence-corrected chi connectivity index (χ3v) is 2.04. The third-order valence-electron chi connectivity index (χ3n) is 2.04. The highest BCUT2D eigenvalue weighted by Gasteiger charge is 2.01. The van der Waals surface area contributed by atoms with Gasteiger partial charge < -0.3 is 5.32 Å². The molecular weight excluding hydrogens is 190 g/mol. The molecule has 0 saturated carbocycles. The van der Waals surface area contributed by atoms with Crippen LogP contribution in [0.4, 0.5) is 0 Å². The Bertz CT molecular complexity index is 449. The number of hydrogen-bond donors (Lipinski definition) is 1. The molecule has 0 aliphatic heterocycles. The van der Waals surface area contributed by atoms with Crippen molar-refractivity contribution in [3.8, 4) is 5.82 Å². The van der Waals surface area contributed by atoms with Gasteiger partial charge in [-0.15, -0.1) is 0 Å². The SMILES string of the molecule is CNCc1cnn(-c2cc(C)ncn2)c1. The van der Waals surface area contributed by atoms with Crippen molar-refractivity contribution in [2.24, 2.45) is 0 Å². The lowest BCUT2D eigenvalue weighted by Crippen LogP contribution is -2.04. The van der Waals surface area contributed by atoms with Gasteiger partial charge in [0.15, 0.2) is 5.82 Å². The molecule has 1 N–H and O–H groups in total. The predicted molar refractivity (Wildman–Crippen MR) is 56.7 cm³/mol. The molecule has 0 unspecified atom stereocenters. The van der Waals surface area contributed by atoms with Crippen molar-refractivity contribution >= 4 is 0 Å². The molecular formula is C10H13N5. The van der Waals surface area contributed by atoms with Crippen molar-refractivity contribution in [1.29, 1.82) is 0 Å². The largest absolute Gasteiger partial charge is 0.316 e. The smallest absolute Gasteiger partial charge is 0.156 e. The fourth-order valence-electron chi connectivity index (χ4n) is 1.35. The van der Waals surface area contributed by atoms with Crippen LogP contribution in [-0.4, -0.2) is 26.8 Å². The summed E-state index contributed by atoms with van der Waals surface area (Å²) in [6.45, 7) is 2.74. The first-order chi connectivity index (χ1) is 7.29. The van der Waals surface area contributed by atoms with E-state index in [9.17, 15) is 0 Å². The molecule has 0 aliphatic rings. The van der Waals surface area contributed by atoms with Gasteiger partial charge in [0.1, 0.15) is 6.33 Å². The Kier molecular flexibility index (Phi) is 2.73. The first-order valence-corrected chi connectivity index (χ1v) is 4.77. The minimum absolute atomic E-state index is 0.796. The number of rotatable bonds is 3. The highest BCUT2D eigenvalue weighted by molar-refractivity contribution is 5.23. The average molecular weight is 203 g/mol. The Morgan fingerprint density at radius 1 is 1.40 bits per heavy atom. The van der Waals surface area contributed by atoms with Crippen LogP contribution in [0.2, 0.25) is 0 Å². The second-order valence-corrected chi connectivity index (χ2v) is 3.34. The van der Waals surface area contributed by atoms with Crippen LogP contribution >= 0.6 is 0 Å². The Labute approximate surface area is 88.2 Å². The molecule has 0 spiro atoms. The Morgan fingerprint density at radius 3 is 3.00 bits per heavy atom. The first kappa shape index (κ1) is 9.79. The van der Waals surface area contributed by atoms with Crippen LogP contribution < -0.4 is 5.32 Å². The van der Waals surface area contributed by atoms with E-state index in [1.165, 1.54) is 0 Å². The van der Waals surface area contributed by atoms with Gasteiger partial charge in [0.25, 0.3) is 0 Å². The molecule has 0 saturated heterocycles. The van der Waals surface area contributed by atoms with Gasteiger partial charge in [-0.25, -0.2) is 14.6 Å². The van der Waals surface area contributed by atoms with Crippen molar-refractivity contribution in [1.82, 2.24) is 25.1 Å². The summed E-state index contributed by atoms with van der Waals surface area (Å²) in [4.78, 5) is 8.20. The molecule has 2 heterocycles. The topological polar surface area (TPSA) is 55.6 Å². The van der Waals surface area contributed by atoms with E-state index in [2.05, 4.69) is 20.4 Å². The van der Waals surface area contributed by atoms with Crippen LogP contribution in [0.25, 0.3) is 5.82 Å². The zero-order valence-electron chi connectivity index (χ0n) is 8.81. The van der Waals surface area contributed by atoms with E-state index in [0.29, 0.717) is 0 Å². The minimum atomic E-state index is 0.796. The number of aryl methyl sites for hydroxylation is 1. The van der Waals surface area contributed by atoms with Crippen molar-refractivity contribution in [3.05, 3.63) is 36.0 Å². The average Bonchev–Trinajstić information content (AvgIpc) is 2.67. The predicted octanol–water partition coefficient (Wildman–Crippen LogP) is 0.690. The molecule has 2 aromatic heterocycles. The third kappa shape index (κ3) is 2.19. The highest BCUT2D eigenvalue weighted by atomic mass is 15.3. The number of nitrogens with zero attached hydrogens (tertiary/aromatic N) is 4. The zero-order valence-corrected chi connectivity index (χ0v) is 8.81.